The first-order valence-corrected chi connectivity index (χ1v) is 9.30. The Morgan fingerprint density at radius 1 is 0.706 bits per heavy atom. The molecule has 0 saturated heterocycles. The van der Waals surface area contributed by atoms with Crippen molar-refractivity contribution in [3.05, 3.63) is 29.8 Å². The van der Waals surface area contributed by atoms with E-state index >= 15 is 0 Å². The van der Waals surface area contributed by atoms with E-state index in [9.17, 15) is 57.1 Å². The summed E-state index contributed by atoms with van der Waals surface area (Å²) in [5, 5.41) is 0. The molecule has 2 nitrogen and oxygen atoms in total. The van der Waals surface area contributed by atoms with Gasteiger partial charge in [0, 0.05) is 12.7 Å². The third-order valence-electron chi connectivity index (χ3n) is 4.93. The average Bonchev–Trinajstić information content (AvgIpc) is 2.70. The van der Waals surface area contributed by atoms with E-state index in [-0.39, 0.29) is 12.4 Å². The molecule has 0 N–H and O–H groups in total. The first-order chi connectivity index (χ1) is 15.1. The van der Waals surface area contributed by atoms with Crippen molar-refractivity contribution in [2.24, 2.45) is 0 Å². The third-order valence-corrected chi connectivity index (χ3v) is 4.93. The molecule has 198 valence electrons. The molecule has 1 rings (SSSR count). The topological polar surface area (TPSA) is 18.5 Å². The van der Waals surface area contributed by atoms with E-state index in [1.54, 1.807) is 6.92 Å². The second-order valence-electron chi connectivity index (χ2n) is 7.46. The van der Waals surface area contributed by atoms with Gasteiger partial charge in [0.1, 0.15) is 5.75 Å². The van der Waals surface area contributed by atoms with Crippen LogP contribution in [-0.4, -0.2) is 49.5 Å². The Hall–Kier alpha value is -1.93. The van der Waals surface area contributed by atoms with Gasteiger partial charge in [-0.1, -0.05) is 25.1 Å². The summed E-state index contributed by atoms with van der Waals surface area (Å²) in [6, 6.07) is 4.64. The maximum absolute atomic E-state index is 14.5. The van der Waals surface area contributed by atoms with Crippen molar-refractivity contribution in [2.75, 3.05) is 13.7 Å². The summed E-state index contributed by atoms with van der Waals surface area (Å²) in [6.45, 7) is 2.26. The zero-order valence-corrected chi connectivity index (χ0v) is 17.7. The molecule has 0 radical (unpaired) electrons. The van der Waals surface area contributed by atoms with Crippen molar-refractivity contribution in [1.29, 1.82) is 0 Å². The molecule has 0 bridgehead atoms. The van der Waals surface area contributed by atoms with Gasteiger partial charge in [0.15, 0.2) is 0 Å². The number of rotatable bonds is 11. The van der Waals surface area contributed by atoms with E-state index in [4.69, 9.17) is 9.47 Å². The van der Waals surface area contributed by atoms with E-state index in [1.807, 2.05) is 0 Å². The Balaban J connectivity index is 3.55. The Bertz CT molecular complexity index is 836. The second-order valence-corrected chi connectivity index (χ2v) is 7.46. The van der Waals surface area contributed by atoms with Crippen molar-refractivity contribution in [1.82, 2.24) is 0 Å². The molecular weight excluding hydrogens is 507 g/mol. The molecule has 0 aliphatic heterocycles. The summed E-state index contributed by atoms with van der Waals surface area (Å²) in [7, 11) is 0.662. The molecular formula is C19H19F13O2. The molecule has 0 fully saturated rings. The predicted molar refractivity (Wildman–Crippen MR) is 92.0 cm³/mol. The van der Waals surface area contributed by atoms with Crippen LogP contribution in [0.2, 0.25) is 0 Å². The number of alkyl halides is 13. The largest absolute Gasteiger partial charge is 0.493 e. The van der Waals surface area contributed by atoms with E-state index in [0.29, 0.717) is 20.5 Å². The Labute approximate surface area is 185 Å². The third kappa shape index (κ3) is 4.76. The number of hydrogen-bond acceptors (Lipinski definition) is 2. The number of para-hydroxylation sites is 1. The highest BCUT2D eigenvalue weighted by atomic mass is 19.4. The maximum Gasteiger partial charge on any atom is 0.460 e. The van der Waals surface area contributed by atoms with Crippen molar-refractivity contribution >= 4 is 0 Å². The van der Waals surface area contributed by atoms with Crippen LogP contribution in [0, 0.1) is 0 Å². The fraction of sp³-hybridized carbons (Fsp3) is 0.684. The van der Waals surface area contributed by atoms with Gasteiger partial charge < -0.3 is 9.47 Å². The molecule has 15 heteroatoms. The molecule has 1 aromatic carbocycles. The summed E-state index contributed by atoms with van der Waals surface area (Å²) in [5.74, 6) is -37.5. The van der Waals surface area contributed by atoms with Crippen LogP contribution in [0.15, 0.2) is 24.3 Å². The highest BCUT2D eigenvalue weighted by Gasteiger charge is 2.90. The lowest BCUT2D eigenvalue weighted by molar-refractivity contribution is -0.441. The van der Waals surface area contributed by atoms with Crippen LogP contribution >= 0.6 is 0 Å². The monoisotopic (exact) mass is 526 g/mol. The Morgan fingerprint density at radius 2 is 1.18 bits per heavy atom. The molecule has 1 atom stereocenters. The minimum absolute atomic E-state index is 0.0276. The second kappa shape index (κ2) is 9.26. The molecule has 1 unspecified atom stereocenters. The quantitative estimate of drug-likeness (QED) is 0.279. The van der Waals surface area contributed by atoms with Gasteiger partial charge in [0.25, 0.3) is 0 Å². The SMILES string of the molecule is CCCOc1ccccc1C(C)(CC(F)(F)C(F)(F)C(F)(F)C(F)(F)C(F)(F)C(F)(F)F)OC. The van der Waals surface area contributed by atoms with Crippen LogP contribution in [-0.2, 0) is 10.3 Å². The number of ether oxygens (including phenoxy) is 2. The molecule has 0 spiro atoms. The van der Waals surface area contributed by atoms with Crippen molar-refractivity contribution in [3.8, 4) is 5.75 Å². The standard InChI is InChI=1S/C19H19F13O2/c1-4-9-34-12-8-6-5-7-11(12)13(2,33-3)10-14(20,21)15(22,23)16(24,25)17(26,27)18(28,29)19(30,31)32/h5-8H,4,9-10H2,1-3H3. The van der Waals surface area contributed by atoms with E-state index in [1.165, 1.54) is 12.1 Å². The molecule has 0 aromatic heterocycles. The summed E-state index contributed by atoms with van der Waals surface area (Å²) in [5.41, 5.74) is -3.10. The normalized spacial score (nSPS) is 16.4. The smallest absolute Gasteiger partial charge is 0.460 e. The zero-order valence-electron chi connectivity index (χ0n) is 17.7. The fourth-order valence-electron chi connectivity index (χ4n) is 2.86. The van der Waals surface area contributed by atoms with Gasteiger partial charge in [-0.3, -0.25) is 0 Å². The molecule has 34 heavy (non-hydrogen) atoms. The molecule has 1 aromatic rings. The highest BCUT2D eigenvalue weighted by Crippen LogP contribution is 2.61. The number of benzene rings is 1. The maximum atomic E-state index is 14.5. The van der Waals surface area contributed by atoms with Crippen LogP contribution < -0.4 is 4.74 Å². The number of hydrogen-bond donors (Lipinski definition) is 0. The predicted octanol–water partition coefficient (Wildman–Crippen LogP) is 7.47. The lowest BCUT2D eigenvalue weighted by atomic mass is 9.83. The van der Waals surface area contributed by atoms with Crippen LogP contribution in [0.4, 0.5) is 57.1 Å². The van der Waals surface area contributed by atoms with Gasteiger partial charge in [-0.15, -0.1) is 0 Å². The first-order valence-electron chi connectivity index (χ1n) is 9.30. The molecule has 0 aliphatic carbocycles. The first kappa shape index (κ1) is 30.1. The molecule has 0 aliphatic rings. The Morgan fingerprint density at radius 3 is 1.62 bits per heavy atom. The van der Waals surface area contributed by atoms with Gasteiger partial charge in [0.05, 0.1) is 18.6 Å². The summed E-state index contributed by atoms with van der Waals surface area (Å²) in [6.07, 6.45) is -9.61. The van der Waals surface area contributed by atoms with Gasteiger partial charge in [-0.25, -0.2) is 0 Å². The van der Waals surface area contributed by atoms with Crippen molar-refractivity contribution in [3.63, 3.8) is 0 Å². The number of halogens is 13. The minimum Gasteiger partial charge on any atom is -0.493 e. The molecule has 0 saturated carbocycles. The van der Waals surface area contributed by atoms with Crippen LogP contribution in [0.3, 0.4) is 0 Å². The molecule has 0 heterocycles. The summed E-state index contributed by atoms with van der Waals surface area (Å²) in [4.78, 5) is 0. The fourth-order valence-corrected chi connectivity index (χ4v) is 2.86. The molecule has 0 amide bonds. The van der Waals surface area contributed by atoms with E-state index < -0.39 is 53.4 Å². The average molecular weight is 526 g/mol. The van der Waals surface area contributed by atoms with Gasteiger partial charge in [0.2, 0.25) is 0 Å². The van der Waals surface area contributed by atoms with Crippen LogP contribution in [0.1, 0.15) is 32.3 Å². The minimum atomic E-state index is -7.95. The summed E-state index contributed by atoms with van der Waals surface area (Å²) < 4.78 is 184. The van der Waals surface area contributed by atoms with E-state index in [2.05, 4.69) is 0 Å². The zero-order chi connectivity index (χ0) is 27.0. The lowest BCUT2D eigenvalue weighted by Gasteiger charge is -2.42. The van der Waals surface area contributed by atoms with Gasteiger partial charge in [-0.2, -0.15) is 57.1 Å². The number of methoxy groups -OCH3 is 1. The lowest BCUT2D eigenvalue weighted by Crippen LogP contribution is -2.70. The highest BCUT2D eigenvalue weighted by molar-refractivity contribution is 5.38. The van der Waals surface area contributed by atoms with Gasteiger partial charge in [-0.05, 0) is 19.4 Å². The van der Waals surface area contributed by atoms with E-state index in [0.717, 1.165) is 12.1 Å². The van der Waals surface area contributed by atoms with Crippen molar-refractivity contribution in [2.45, 2.75) is 68.1 Å². The van der Waals surface area contributed by atoms with Crippen LogP contribution in [0.5, 0.6) is 5.75 Å². The van der Waals surface area contributed by atoms with Crippen molar-refractivity contribution < 1.29 is 66.5 Å². The van der Waals surface area contributed by atoms with Crippen LogP contribution in [0.25, 0.3) is 0 Å². The summed E-state index contributed by atoms with van der Waals surface area (Å²) >= 11 is 0. The Kier molecular flexibility index (Phi) is 8.20. The van der Waals surface area contributed by atoms with Gasteiger partial charge >= 0.3 is 35.8 Å².